The van der Waals surface area contributed by atoms with Crippen LogP contribution in [0.25, 0.3) is 0 Å². The van der Waals surface area contributed by atoms with Crippen molar-refractivity contribution in [2.45, 2.75) is 11.9 Å². The molecule has 0 saturated carbocycles. The molecule has 0 atom stereocenters. The molecular formula is C9H14N2O2S2. The van der Waals surface area contributed by atoms with E-state index in [1.165, 1.54) is 11.8 Å². The van der Waals surface area contributed by atoms with Gasteiger partial charge in [0.05, 0.1) is 11.4 Å². The van der Waals surface area contributed by atoms with Gasteiger partial charge in [0, 0.05) is 17.7 Å². The topological polar surface area (TPSA) is 73.0 Å². The van der Waals surface area contributed by atoms with E-state index in [-0.39, 0.29) is 11.5 Å². The lowest BCUT2D eigenvalue weighted by Crippen LogP contribution is -2.10. The zero-order chi connectivity index (χ0) is 11.3. The van der Waals surface area contributed by atoms with Gasteiger partial charge < -0.3 is 5.73 Å². The molecular weight excluding hydrogens is 232 g/mol. The lowest BCUT2D eigenvalue weighted by molar-refractivity contribution is 0.599. The van der Waals surface area contributed by atoms with Crippen molar-refractivity contribution >= 4 is 27.3 Å². The molecule has 0 bridgehead atoms. The quantitative estimate of drug-likeness (QED) is 0.790. The SMILES string of the molecule is CCS(=O)(=O)CCSc1ncccc1N. The first-order valence-electron chi connectivity index (χ1n) is 4.59. The third kappa shape index (κ3) is 4.09. The van der Waals surface area contributed by atoms with Crippen molar-refractivity contribution in [2.24, 2.45) is 0 Å². The molecule has 15 heavy (non-hydrogen) atoms. The van der Waals surface area contributed by atoms with Gasteiger partial charge in [0.15, 0.2) is 9.84 Å². The monoisotopic (exact) mass is 246 g/mol. The molecule has 0 unspecified atom stereocenters. The van der Waals surface area contributed by atoms with Crippen LogP contribution in [-0.2, 0) is 9.84 Å². The fourth-order valence-electron chi connectivity index (χ4n) is 0.934. The normalized spacial score (nSPS) is 11.5. The Balaban J connectivity index is 2.49. The fourth-order valence-corrected chi connectivity index (χ4v) is 3.13. The van der Waals surface area contributed by atoms with E-state index in [1.54, 1.807) is 25.3 Å². The number of pyridine rings is 1. The summed E-state index contributed by atoms with van der Waals surface area (Å²) < 4.78 is 22.4. The highest BCUT2D eigenvalue weighted by Crippen LogP contribution is 2.21. The number of anilines is 1. The van der Waals surface area contributed by atoms with Gasteiger partial charge in [-0.1, -0.05) is 6.92 Å². The van der Waals surface area contributed by atoms with Crippen LogP contribution in [0.3, 0.4) is 0 Å². The fraction of sp³-hybridized carbons (Fsp3) is 0.444. The maximum atomic E-state index is 11.2. The highest BCUT2D eigenvalue weighted by atomic mass is 32.2. The van der Waals surface area contributed by atoms with Crippen molar-refractivity contribution < 1.29 is 8.42 Å². The average Bonchev–Trinajstić information content (AvgIpc) is 2.21. The molecule has 0 aromatic carbocycles. The highest BCUT2D eigenvalue weighted by Gasteiger charge is 2.08. The second kappa shape index (κ2) is 5.37. The van der Waals surface area contributed by atoms with Crippen LogP contribution in [0.15, 0.2) is 23.4 Å². The van der Waals surface area contributed by atoms with Crippen LogP contribution >= 0.6 is 11.8 Å². The maximum absolute atomic E-state index is 11.2. The molecule has 1 aromatic rings. The Bertz CT molecular complexity index is 418. The van der Waals surface area contributed by atoms with E-state index in [9.17, 15) is 8.42 Å². The van der Waals surface area contributed by atoms with Crippen molar-refractivity contribution in [2.75, 3.05) is 23.0 Å². The number of sulfone groups is 1. The van der Waals surface area contributed by atoms with E-state index in [1.807, 2.05) is 0 Å². The Morgan fingerprint density at radius 2 is 2.27 bits per heavy atom. The summed E-state index contributed by atoms with van der Waals surface area (Å²) in [5.41, 5.74) is 6.26. The van der Waals surface area contributed by atoms with Crippen LogP contribution < -0.4 is 5.73 Å². The summed E-state index contributed by atoms with van der Waals surface area (Å²) in [5, 5.41) is 0.698. The molecule has 0 aliphatic heterocycles. The zero-order valence-electron chi connectivity index (χ0n) is 8.51. The van der Waals surface area contributed by atoms with E-state index < -0.39 is 9.84 Å². The first-order valence-corrected chi connectivity index (χ1v) is 7.39. The van der Waals surface area contributed by atoms with Gasteiger partial charge in [-0.05, 0) is 12.1 Å². The van der Waals surface area contributed by atoms with Crippen molar-refractivity contribution in [3.05, 3.63) is 18.3 Å². The first-order chi connectivity index (χ1) is 7.05. The molecule has 0 aliphatic carbocycles. The van der Waals surface area contributed by atoms with E-state index in [4.69, 9.17) is 5.73 Å². The summed E-state index contributed by atoms with van der Waals surface area (Å²) in [5.74, 6) is 0.854. The molecule has 2 N–H and O–H groups in total. The van der Waals surface area contributed by atoms with Crippen LogP contribution in [0.4, 0.5) is 5.69 Å². The third-order valence-electron chi connectivity index (χ3n) is 1.87. The van der Waals surface area contributed by atoms with Crippen molar-refractivity contribution in [3.63, 3.8) is 0 Å². The van der Waals surface area contributed by atoms with Crippen molar-refractivity contribution in [1.29, 1.82) is 0 Å². The minimum absolute atomic E-state index is 0.171. The third-order valence-corrected chi connectivity index (χ3v) is 4.86. The Morgan fingerprint density at radius 3 is 2.87 bits per heavy atom. The number of nitrogen functional groups attached to an aromatic ring is 1. The Morgan fingerprint density at radius 1 is 1.53 bits per heavy atom. The number of aromatic nitrogens is 1. The minimum Gasteiger partial charge on any atom is -0.397 e. The maximum Gasteiger partial charge on any atom is 0.150 e. The van der Waals surface area contributed by atoms with Crippen LogP contribution in [0.2, 0.25) is 0 Å². The second-order valence-corrected chi connectivity index (χ2v) is 6.54. The molecule has 0 radical (unpaired) electrons. The first kappa shape index (κ1) is 12.3. The molecule has 0 amide bonds. The number of hydrogen-bond donors (Lipinski definition) is 1. The van der Waals surface area contributed by atoms with Crippen LogP contribution in [-0.4, -0.2) is 30.7 Å². The summed E-state index contributed by atoms with van der Waals surface area (Å²) in [6.07, 6.45) is 1.65. The summed E-state index contributed by atoms with van der Waals surface area (Å²) in [6.45, 7) is 1.65. The standard InChI is InChI=1S/C9H14N2O2S2/c1-2-15(12,13)7-6-14-9-8(10)4-3-5-11-9/h3-5H,2,6-7,10H2,1H3. The molecule has 0 spiro atoms. The smallest absolute Gasteiger partial charge is 0.150 e. The number of hydrogen-bond acceptors (Lipinski definition) is 5. The van der Waals surface area contributed by atoms with Gasteiger partial charge in [-0.3, -0.25) is 0 Å². The van der Waals surface area contributed by atoms with E-state index in [2.05, 4.69) is 4.98 Å². The lowest BCUT2D eigenvalue weighted by Gasteiger charge is -2.03. The summed E-state index contributed by atoms with van der Waals surface area (Å²) in [6, 6.07) is 3.51. The lowest BCUT2D eigenvalue weighted by atomic mass is 10.4. The molecule has 0 fully saturated rings. The Kier molecular flexibility index (Phi) is 4.41. The van der Waals surface area contributed by atoms with Gasteiger partial charge in [0.2, 0.25) is 0 Å². The minimum atomic E-state index is -2.89. The molecule has 1 aromatic heterocycles. The largest absolute Gasteiger partial charge is 0.397 e. The highest BCUT2D eigenvalue weighted by molar-refractivity contribution is 8.00. The van der Waals surface area contributed by atoms with E-state index >= 15 is 0 Å². The number of nitrogens with zero attached hydrogens (tertiary/aromatic N) is 1. The Hall–Kier alpha value is -0.750. The summed E-state index contributed by atoms with van der Waals surface area (Å²) in [4.78, 5) is 4.07. The van der Waals surface area contributed by atoms with Crippen LogP contribution in [0.5, 0.6) is 0 Å². The molecule has 1 rings (SSSR count). The number of nitrogens with two attached hydrogens (primary N) is 1. The number of thioether (sulfide) groups is 1. The number of rotatable bonds is 5. The predicted octanol–water partition coefficient (Wildman–Crippen LogP) is 1.19. The van der Waals surface area contributed by atoms with Gasteiger partial charge >= 0.3 is 0 Å². The van der Waals surface area contributed by atoms with Gasteiger partial charge in [0.25, 0.3) is 0 Å². The van der Waals surface area contributed by atoms with E-state index in [0.29, 0.717) is 16.5 Å². The van der Waals surface area contributed by atoms with Crippen LogP contribution in [0.1, 0.15) is 6.92 Å². The predicted molar refractivity (Wildman–Crippen MR) is 63.7 cm³/mol. The molecule has 0 aliphatic rings. The average molecular weight is 246 g/mol. The van der Waals surface area contributed by atoms with Gasteiger partial charge in [0.1, 0.15) is 5.03 Å². The van der Waals surface area contributed by atoms with E-state index in [0.717, 1.165) is 0 Å². The van der Waals surface area contributed by atoms with Gasteiger partial charge in [-0.25, -0.2) is 13.4 Å². The van der Waals surface area contributed by atoms with Crippen LogP contribution in [0, 0.1) is 0 Å². The molecule has 4 nitrogen and oxygen atoms in total. The Labute approximate surface area is 94.2 Å². The molecule has 0 saturated heterocycles. The summed E-state index contributed by atoms with van der Waals surface area (Å²) >= 11 is 1.37. The van der Waals surface area contributed by atoms with Crippen molar-refractivity contribution in [1.82, 2.24) is 4.98 Å². The van der Waals surface area contributed by atoms with Gasteiger partial charge in [-0.2, -0.15) is 0 Å². The molecule has 84 valence electrons. The second-order valence-electron chi connectivity index (χ2n) is 2.98. The van der Waals surface area contributed by atoms with Crippen molar-refractivity contribution in [3.8, 4) is 0 Å². The molecule has 6 heteroatoms. The zero-order valence-corrected chi connectivity index (χ0v) is 10.1. The molecule has 1 heterocycles. The summed E-state index contributed by atoms with van der Waals surface area (Å²) in [7, 11) is -2.89. The van der Waals surface area contributed by atoms with Gasteiger partial charge in [-0.15, -0.1) is 11.8 Å².